The molecule has 2 N–H and O–H groups in total. The van der Waals surface area contributed by atoms with Crippen LogP contribution in [0.25, 0.3) is 0 Å². The van der Waals surface area contributed by atoms with Gasteiger partial charge >= 0.3 is 0 Å². The molecule has 1 aliphatic heterocycles. The summed E-state index contributed by atoms with van der Waals surface area (Å²) in [5, 5.41) is 7.00. The Balaban J connectivity index is 1.75. The Morgan fingerprint density at radius 1 is 1.19 bits per heavy atom. The minimum atomic E-state index is 0.486. The Morgan fingerprint density at radius 2 is 1.88 bits per heavy atom. The number of nitrogens with one attached hydrogen (secondary N) is 2. The van der Waals surface area contributed by atoms with Gasteiger partial charge in [0.05, 0.1) is 0 Å². The summed E-state index contributed by atoms with van der Waals surface area (Å²) < 4.78 is 0. The molecule has 0 radical (unpaired) electrons. The lowest BCUT2D eigenvalue weighted by Gasteiger charge is -2.34. The molecule has 1 aromatic carbocycles. The first-order valence-corrected chi connectivity index (χ1v) is 6.24. The second-order valence-electron chi connectivity index (χ2n) is 5.15. The van der Waals surface area contributed by atoms with Gasteiger partial charge in [0.2, 0.25) is 0 Å². The predicted molar refractivity (Wildman–Crippen MR) is 68.4 cm³/mol. The summed E-state index contributed by atoms with van der Waals surface area (Å²) in [6.07, 6.45) is 2.57. The topological polar surface area (TPSA) is 24.1 Å². The second kappa shape index (κ2) is 5.46. The first kappa shape index (κ1) is 11.6. The van der Waals surface area contributed by atoms with Gasteiger partial charge in [-0.3, -0.25) is 0 Å². The molecular formula is C14H22N2. The summed E-state index contributed by atoms with van der Waals surface area (Å²) in [6.45, 7) is 6.85. The van der Waals surface area contributed by atoms with E-state index in [2.05, 4.69) is 47.9 Å². The van der Waals surface area contributed by atoms with Crippen LogP contribution in [0.5, 0.6) is 0 Å². The summed E-state index contributed by atoms with van der Waals surface area (Å²) in [7, 11) is 0. The molecule has 0 bridgehead atoms. The normalized spacial score (nSPS) is 19.6. The monoisotopic (exact) mass is 218 g/mol. The minimum Gasteiger partial charge on any atom is -0.317 e. The van der Waals surface area contributed by atoms with E-state index in [1.807, 2.05) is 0 Å². The van der Waals surface area contributed by atoms with Gasteiger partial charge in [0.1, 0.15) is 0 Å². The van der Waals surface area contributed by atoms with E-state index < -0.39 is 0 Å². The maximum Gasteiger partial charge on any atom is 0.0205 e. The Labute approximate surface area is 98.4 Å². The minimum absolute atomic E-state index is 0.486. The Kier molecular flexibility index (Phi) is 3.97. The van der Waals surface area contributed by atoms with E-state index in [0.717, 1.165) is 13.1 Å². The molecule has 0 aliphatic carbocycles. The zero-order valence-electron chi connectivity index (χ0n) is 10.1. The summed E-state index contributed by atoms with van der Waals surface area (Å²) >= 11 is 0. The number of hydrogen-bond acceptors (Lipinski definition) is 2. The third kappa shape index (κ3) is 3.32. The van der Waals surface area contributed by atoms with Crippen molar-refractivity contribution in [1.29, 1.82) is 0 Å². The predicted octanol–water partition coefficient (Wildman–Crippen LogP) is 2.17. The van der Waals surface area contributed by atoms with Crippen LogP contribution in [0.4, 0.5) is 0 Å². The zero-order valence-corrected chi connectivity index (χ0v) is 10.1. The van der Waals surface area contributed by atoms with Crippen molar-refractivity contribution in [3.8, 4) is 0 Å². The van der Waals surface area contributed by atoms with Crippen molar-refractivity contribution in [3.05, 3.63) is 35.9 Å². The van der Waals surface area contributed by atoms with Crippen LogP contribution >= 0.6 is 0 Å². The average Bonchev–Trinajstić information content (AvgIpc) is 2.31. The van der Waals surface area contributed by atoms with Crippen molar-refractivity contribution in [3.63, 3.8) is 0 Å². The van der Waals surface area contributed by atoms with Crippen molar-refractivity contribution in [2.75, 3.05) is 19.6 Å². The van der Waals surface area contributed by atoms with Gasteiger partial charge in [-0.05, 0) is 36.9 Å². The van der Waals surface area contributed by atoms with Crippen LogP contribution in [0, 0.1) is 5.41 Å². The summed E-state index contributed by atoms with van der Waals surface area (Å²) in [4.78, 5) is 0. The highest BCUT2D eigenvalue weighted by Crippen LogP contribution is 2.26. The van der Waals surface area contributed by atoms with Crippen LogP contribution in [0.2, 0.25) is 0 Å². The first-order chi connectivity index (χ1) is 7.79. The molecule has 1 saturated heterocycles. The fourth-order valence-corrected chi connectivity index (χ4v) is 2.31. The van der Waals surface area contributed by atoms with E-state index >= 15 is 0 Å². The largest absolute Gasteiger partial charge is 0.317 e. The molecule has 2 heteroatoms. The van der Waals surface area contributed by atoms with E-state index in [0.29, 0.717) is 5.41 Å². The maximum atomic E-state index is 3.58. The lowest BCUT2D eigenvalue weighted by atomic mass is 9.81. The van der Waals surface area contributed by atoms with Crippen molar-refractivity contribution in [1.82, 2.24) is 10.6 Å². The van der Waals surface area contributed by atoms with Crippen LogP contribution in [-0.4, -0.2) is 19.6 Å². The Morgan fingerprint density at radius 3 is 2.56 bits per heavy atom. The van der Waals surface area contributed by atoms with Crippen molar-refractivity contribution in [2.24, 2.45) is 5.41 Å². The van der Waals surface area contributed by atoms with Crippen LogP contribution in [0.1, 0.15) is 25.3 Å². The van der Waals surface area contributed by atoms with Gasteiger partial charge in [-0.25, -0.2) is 0 Å². The quantitative estimate of drug-likeness (QED) is 0.809. The molecule has 0 atom stereocenters. The molecule has 1 heterocycles. The number of hydrogen-bond donors (Lipinski definition) is 2. The fraction of sp³-hybridized carbons (Fsp3) is 0.571. The van der Waals surface area contributed by atoms with E-state index in [-0.39, 0.29) is 0 Å². The number of rotatable bonds is 4. The molecule has 2 nitrogen and oxygen atoms in total. The SMILES string of the molecule is CC1(CNCc2ccccc2)CCNCC1. The third-order valence-corrected chi connectivity index (χ3v) is 3.53. The molecule has 0 amide bonds. The van der Waals surface area contributed by atoms with Gasteiger partial charge in [-0.2, -0.15) is 0 Å². The van der Waals surface area contributed by atoms with Crippen LogP contribution in [-0.2, 0) is 6.54 Å². The van der Waals surface area contributed by atoms with Crippen molar-refractivity contribution >= 4 is 0 Å². The van der Waals surface area contributed by atoms with Gasteiger partial charge in [0.15, 0.2) is 0 Å². The third-order valence-electron chi connectivity index (χ3n) is 3.53. The lowest BCUT2D eigenvalue weighted by molar-refractivity contribution is 0.220. The zero-order chi connectivity index (χ0) is 11.3. The smallest absolute Gasteiger partial charge is 0.0205 e. The van der Waals surface area contributed by atoms with Gasteiger partial charge in [-0.1, -0.05) is 37.3 Å². The molecule has 0 unspecified atom stereocenters. The van der Waals surface area contributed by atoms with E-state index in [1.165, 1.54) is 31.5 Å². The lowest BCUT2D eigenvalue weighted by Crippen LogP contribution is -2.41. The maximum absolute atomic E-state index is 3.58. The molecule has 16 heavy (non-hydrogen) atoms. The van der Waals surface area contributed by atoms with Gasteiger partial charge in [-0.15, -0.1) is 0 Å². The molecule has 0 saturated carbocycles. The summed E-state index contributed by atoms with van der Waals surface area (Å²) in [5.41, 5.74) is 1.86. The van der Waals surface area contributed by atoms with Gasteiger partial charge in [0.25, 0.3) is 0 Å². The molecule has 1 aliphatic rings. The molecule has 88 valence electrons. The number of piperidine rings is 1. The molecule has 0 aromatic heterocycles. The fourth-order valence-electron chi connectivity index (χ4n) is 2.31. The Hall–Kier alpha value is -0.860. The van der Waals surface area contributed by atoms with Crippen LogP contribution in [0.3, 0.4) is 0 Å². The molecule has 0 spiro atoms. The summed E-state index contributed by atoms with van der Waals surface area (Å²) in [6, 6.07) is 10.6. The van der Waals surface area contributed by atoms with Crippen LogP contribution < -0.4 is 10.6 Å². The molecule has 2 rings (SSSR count). The first-order valence-electron chi connectivity index (χ1n) is 6.24. The Bertz CT molecular complexity index is 302. The van der Waals surface area contributed by atoms with E-state index in [4.69, 9.17) is 0 Å². The summed E-state index contributed by atoms with van der Waals surface area (Å²) in [5.74, 6) is 0. The van der Waals surface area contributed by atoms with Gasteiger partial charge in [0, 0.05) is 13.1 Å². The second-order valence-corrected chi connectivity index (χ2v) is 5.15. The van der Waals surface area contributed by atoms with Crippen molar-refractivity contribution in [2.45, 2.75) is 26.3 Å². The highest BCUT2D eigenvalue weighted by Gasteiger charge is 2.25. The van der Waals surface area contributed by atoms with Crippen LogP contribution in [0.15, 0.2) is 30.3 Å². The number of benzene rings is 1. The highest BCUT2D eigenvalue weighted by molar-refractivity contribution is 5.14. The molecular weight excluding hydrogens is 196 g/mol. The average molecular weight is 218 g/mol. The molecule has 1 aromatic rings. The van der Waals surface area contributed by atoms with Gasteiger partial charge < -0.3 is 10.6 Å². The van der Waals surface area contributed by atoms with Crippen molar-refractivity contribution < 1.29 is 0 Å². The molecule has 1 fully saturated rings. The van der Waals surface area contributed by atoms with E-state index in [9.17, 15) is 0 Å². The standard InChI is InChI=1S/C14H22N2/c1-14(7-9-15-10-8-14)12-16-11-13-5-3-2-4-6-13/h2-6,15-16H,7-12H2,1H3. The van der Waals surface area contributed by atoms with E-state index in [1.54, 1.807) is 0 Å². The highest BCUT2D eigenvalue weighted by atomic mass is 14.9.